The van der Waals surface area contributed by atoms with E-state index in [2.05, 4.69) is 26.0 Å². The van der Waals surface area contributed by atoms with Crippen LogP contribution in [-0.2, 0) is 13.0 Å². The van der Waals surface area contributed by atoms with Gasteiger partial charge in [0.2, 0.25) is 0 Å². The van der Waals surface area contributed by atoms with Crippen molar-refractivity contribution in [2.45, 2.75) is 33.7 Å². The van der Waals surface area contributed by atoms with Gasteiger partial charge >= 0.3 is 0 Å². The molecule has 0 radical (unpaired) electrons. The van der Waals surface area contributed by atoms with Crippen LogP contribution in [0.1, 0.15) is 28.8 Å². The second-order valence-corrected chi connectivity index (χ2v) is 6.38. The summed E-state index contributed by atoms with van der Waals surface area (Å²) in [5.74, 6) is 0.551. The molecular formula is C17H23FN4S. The SMILES string of the molecule is CCNC(=NCc1ccc(C)c(F)c1)NCCc1csc(C)n1. The summed E-state index contributed by atoms with van der Waals surface area (Å²) < 4.78 is 13.6. The summed E-state index contributed by atoms with van der Waals surface area (Å²) >= 11 is 1.66. The number of halogens is 1. The maximum atomic E-state index is 13.6. The molecule has 1 aromatic heterocycles. The van der Waals surface area contributed by atoms with Crippen LogP contribution < -0.4 is 10.6 Å². The molecule has 1 aromatic carbocycles. The van der Waals surface area contributed by atoms with Crippen molar-refractivity contribution in [2.75, 3.05) is 13.1 Å². The number of nitrogens with zero attached hydrogens (tertiary/aromatic N) is 2. The highest BCUT2D eigenvalue weighted by Gasteiger charge is 2.02. The van der Waals surface area contributed by atoms with Gasteiger partial charge in [-0.2, -0.15) is 0 Å². The molecule has 0 aliphatic carbocycles. The quantitative estimate of drug-likeness (QED) is 0.630. The third-order valence-electron chi connectivity index (χ3n) is 3.34. The highest BCUT2D eigenvalue weighted by molar-refractivity contribution is 7.09. The topological polar surface area (TPSA) is 49.3 Å². The number of rotatable bonds is 6. The number of hydrogen-bond acceptors (Lipinski definition) is 3. The average molecular weight is 334 g/mol. The van der Waals surface area contributed by atoms with E-state index in [1.165, 1.54) is 0 Å². The molecule has 0 amide bonds. The van der Waals surface area contributed by atoms with Gasteiger partial charge in [-0.1, -0.05) is 12.1 Å². The zero-order valence-corrected chi connectivity index (χ0v) is 14.6. The number of aromatic nitrogens is 1. The molecule has 4 nitrogen and oxygen atoms in total. The predicted octanol–water partition coefficient (Wildman–Crippen LogP) is 3.20. The lowest BCUT2D eigenvalue weighted by Crippen LogP contribution is -2.38. The van der Waals surface area contributed by atoms with E-state index in [1.54, 1.807) is 30.4 Å². The molecule has 0 atom stereocenters. The lowest BCUT2D eigenvalue weighted by atomic mass is 10.1. The number of hydrogen-bond donors (Lipinski definition) is 2. The van der Waals surface area contributed by atoms with Gasteiger partial charge in [-0.15, -0.1) is 11.3 Å². The first-order valence-corrected chi connectivity index (χ1v) is 8.64. The Morgan fingerprint density at radius 1 is 1.30 bits per heavy atom. The normalized spacial score (nSPS) is 11.6. The lowest BCUT2D eigenvalue weighted by molar-refractivity contribution is 0.616. The van der Waals surface area contributed by atoms with Crippen LogP contribution in [0.25, 0.3) is 0 Å². The molecule has 0 unspecified atom stereocenters. The van der Waals surface area contributed by atoms with E-state index >= 15 is 0 Å². The Labute approximate surface area is 140 Å². The fourth-order valence-corrected chi connectivity index (χ4v) is 2.73. The number of aliphatic imine (C=N–C) groups is 1. The van der Waals surface area contributed by atoms with E-state index in [0.29, 0.717) is 12.1 Å². The van der Waals surface area contributed by atoms with Crippen LogP contribution in [0, 0.1) is 19.7 Å². The molecule has 1 heterocycles. The largest absolute Gasteiger partial charge is 0.357 e. The summed E-state index contributed by atoms with van der Waals surface area (Å²) in [7, 11) is 0. The molecule has 0 aliphatic heterocycles. The number of thiazole rings is 1. The summed E-state index contributed by atoms with van der Waals surface area (Å²) in [6.45, 7) is 7.78. The van der Waals surface area contributed by atoms with Gasteiger partial charge in [-0.3, -0.25) is 0 Å². The van der Waals surface area contributed by atoms with Crippen molar-refractivity contribution < 1.29 is 4.39 Å². The zero-order chi connectivity index (χ0) is 16.7. The molecule has 0 spiro atoms. The van der Waals surface area contributed by atoms with Gasteiger partial charge < -0.3 is 10.6 Å². The van der Waals surface area contributed by atoms with Crippen LogP contribution in [-0.4, -0.2) is 24.0 Å². The van der Waals surface area contributed by atoms with Crippen LogP contribution in [0.2, 0.25) is 0 Å². The fourth-order valence-electron chi connectivity index (χ4n) is 2.08. The van der Waals surface area contributed by atoms with Gasteiger partial charge in [0.1, 0.15) is 5.82 Å². The third-order valence-corrected chi connectivity index (χ3v) is 4.16. The van der Waals surface area contributed by atoms with Gasteiger partial charge in [0.15, 0.2) is 5.96 Å². The molecule has 6 heteroatoms. The standard InChI is InChI=1S/C17H23FN4S/c1-4-19-17(20-8-7-15-11-23-13(3)22-15)21-10-14-6-5-12(2)16(18)9-14/h5-6,9,11H,4,7-8,10H2,1-3H3,(H2,19,20,21). The summed E-state index contributed by atoms with van der Waals surface area (Å²) in [6.07, 6.45) is 0.855. The van der Waals surface area contributed by atoms with Crippen LogP contribution in [0.5, 0.6) is 0 Å². The fraction of sp³-hybridized carbons (Fsp3) is 0.412. The Balaban J connectivity index is 1.89. The first-order chi connectivity index (χ1) is 11.1. The van der Waals surface area contributed by atoms with Crippen molar-refractivity contribution >= 4 is 17.3 Å². The van der Waals surface area contributed by atoms with Crippen molar-refractivity contribution in [2.24, 2.45) is 4.99 Å². The monoisotopic (exact) mass is 334 g/mol. The third kappa shape index (κ3) is 5.63. The molecular weight excluding hydrogens is 311 g/mol. The predicted molar refractivity (Wildman–Crippen MR) is 94.5 cm³/mol. The minimum absolute atomic E-state index is 0.186. The van der Waals surface area contributed by atoms with E-state index in [1.807, 2.05) is 19.9 Å². The highest BCUT2D eigenvalue weighted by Crippen LogP contribution is 2.10. The molecule has 2 aromatic rings. The van der Waals surface area contributed by atoms with Gasteiger partial charge in [-0.05, 0) is 38.0 Å². The van der Waals surface area contributed by atoms with Crippen LogP contribution >= 0.6 is 11.3 Å². The zero-order valence-electron chi connectivity index (χ0n) is 13.8. The smallest absolute Gasteiger partial charge is 0.191 e. The number of guanidine groups is 1. The average Bonchev–Trinajstić information content (AvgIpc) is 2.93. The van der Waals surface area contributed by atoms with Crippen molar-refractivity contribution in [3.05, 3.63) is 51.2 Å². The van der Waals surface area contributed by atoms with E-state index in [4.69, 9.17) is 0 Å². The maximum absolute atomic E-state index is 13.6. The van der Waals surface area contributed by atoms with Crippen molar-refractivity contribution in [1.82, 2.24) is 15.6 Å². The number of aryl methyl sites for hydroxylation is 2. The Hall–Kier alpha value is -1.95. The molecule has 0 aliphatic rings. The lowest BCUT2D eigenvalue weighted by Gasteiger charge is -2.11. The summed E-state index contributed by atoms with van der Waals surface area (Å²) in [5.41, 5.74) is 2.61. The maximum Gasteiger partial charge on any atom is 0.191 e. The van der Waals surface area contributed by atoms with E-state index in [-0.39, 0.29) is 5.82 Å². The minimum Gasteiger partial charge on any atom is -0.357 e. The molecule has 0 bridgehead atoms. The Kier molecular flexibility index (Phi) is 6.52. The molecule has 0 fully saturated rings. The number of benzene rings is 1. The van der Waals surface area contributed by atoms with Crippen molar-refractivity contribution in [3.63, 3.8) is 0 Å². The van der Waals surface area contributed by atoms with E-state index in [0.717, 1.165) is 41.7 Å². The first kappa shape index (κ1) is 17.4. The van der Waals surface area contributed by atoms with E-state index < -0.39 is 0 Å². The van der Waals surface area contributed by atoms with Crippen molar-refractivity contribution in [1.29, 1.82) is 0 Å². The van der Waals surface area contributed by atoms with Crippen LogP contribution in [0.3, 0.4) is 0 Å². The molecule has 2 rings (SSSR count). The second kappa shape index (κ2) is 8.62. The van der Waals surface area contributed by atoms with E-state index in [9.17, 15) is 4.39 Å². The summed E-state index contributed by atoms with van der Waals surface area (Å²) in [4.78, 5) is 8.94. The van der Waals surface area contributed by atoms with Gasteiger partial charge in [-0.25, -0.2) is 14.4 Å². The van der Waals surface area contributed by atoms with Gasteiger partial charge in [0.25, 0.3) is 0 Å². The molecule has 2 N–H and O–H groups in total. The Morgan fingerprint density at radius 2 is 2.13 bits per heavy atom. The minimum atomic E-state index is -0.186. The summed E-state index contributed by atoms with van der Waals surface area (Å²) in [5, 5.41) is 9.65. The first-order valence-electron chi connectivity index (χ1n) is 7.76. The van der Waals surface area contributed by atoms with Crippen LogP contribution in [0.4, 0.5) is 4.39 Å². The molecule has 0 saturated carbocycles. The molecule has 23 heavy (non-hydrogen) atoms. The highest BCUT2D eigenvalue weighted by atomic mass is 32.1. The van der Waals surface area contributed by atoms with Gasteiger partial charge in [0.05, 0.1) is 17.2 Å². The number of nitrogens with one attached hydrogen (secondary N) is 2. The van der Waals surface area contributed by atoms with Crippen LogP contribution in [0.15, 0.2) is 28.6 Å². The van der Waals surface area contributed by atoms with Gasteiger partial charge in [0, 0.05) is 24.9 Å². The van der Waals surface area contributed by atoms with Crippen molar-refractivity contribution in [3.8, 4) is 0 Å². The second-order valence-electron chi connectivity index (χ2n) is 5.31. The molecule has 0 saturated heterocycles. The Morgan fingerprint density at radius 3 is 2.78 bits per heavy atom. The molecule has 124 valence electrons. The Bertz CT molecular complexity index is 666. The summed E-state index contributed by atoms with van der Waals surface area (Å²) in [6, 6.07) is 5.23.